The van der Waals surface area contributed by atoms with Gasteiger partial charge in [0.2, 0.25) is 0 Å². The van der Waals surface area contributed by atoms with Crippen molar-refractivity contribution in [1.82, 2.24) is 0 Å². The van der Waals surface area contributed by atoms with Gasteiger partial charge in [-0.25, -0.2) is 9.59 Å². The second-order valence-electron chi connectivity index (χ2n) is 37.4. The maximum atomic E-state index is 12.8. The molecule has 0 amide bonds. The SMILES string of the molecule is CC(C)CCC[C@@H](C)[C@H]1CC[C@H]2[C@@H]3CC=C4C[C@@H](OC(=O)OCCCCCCCCCCCCOc5ccc(/C=C/C=C/c6ccc(OCCCCCCCCCCCCOC(=O)O[C@H]7CC[C@@]8(C)C(=CC[C@H]9[C@@H]%10CC[C@H]([C@H](C)CCCC(C)C)[C@@]%10(C)CC[C@@H]98)C7)cc6)cc5)CC[C@]4(C)[C@H]3CC[C@]12C. The highest BCUT2D eigenvalue weighted by Crippen LogP contribution is 2.69. The lowest BCUT2D eigenvalue weighted by molar-refractivity contribution is -0.0617. The van der Waals surface area contributed by atoms with E-state index in [1.54, 1.807) is 11.1 Å². The van der Waals surface area contributed by atoms with Crippen molar-refractivity contribution < 1.29 is 38.0 Å². The molecule has 8 aliphatic carbocycles. The maximum Gasteiger partial charge on any atom is 0.508 e. The van der Waals surface area contributed by atoms with E-state index >= 15 is 0 Å². The van der Waals surface area contributed by atoms with Crippen LogP contribution in [-0.4, -0.2) is 50.9 Å². The van der Waals surface area contributed by atoms with Crippen molar-refractivity contribution in [3.8, 4) is 11.5 Å². The molecule has 0 N–H and O–H groups in total. The van der Waals surface area contributed by atoms with E-state index in [1.807, 2.05) is 0 Å². The van der Waals surface area contributed by atoms with E-state index in [-0.39, 0.29) is 23.0 Å². The number of fused-ring (bicyclic) bond motifs is 10. The van der Waals surface area contributed by atoms with Crippen LogP contribution in [0.1, 0.15) is 350 Å². The molecule has 6 fully saturated rings. The van der Waals surface area contributed by atoms with Gasteiger partial charge in [-0.05, 0) is 244 Å². The summed E-state index contributed by atoms with van der Waals surface area (Å²) in [5.41, 5.74) is 7.02. The van der Waals surface area contributed by atoms with Gasteiger partial charge < -0.3 is 28.4 Å². The molecule has 582 valence electrons. The van der Waals surface area contributed by atoms with E-state index in [2.05, 4.69) is 154 Å². The molecule has 8 aliphatic rings. The Morgan fingerprint density at radius 3 is 1.10 bits per heavy atom. The Morgan fingerprint density at radius 1 is 0.394 bits per heavy atom. The quantitative estimate of drug-likeness (QED) is 0.0281. The molecule has 0 aromatic heterocycles. The van der Waals surface area contributed by atoms with Crippen LogP contribution in [-0.2, 0) is 18.9 Å². The molecule has 16 atom stereocenters. The normalized spacial score (nSPS) is 30.5. The largest absolute Gasteiger partial charge is 0.508 e. The molecule has 0 saturated heterocycles. The number of unbranched alkanes of at least 4 members (excludes halogenated alkanes) is 18. The van der Waals surface area contributed by atoms with Gasteiger partial charge in [-0.3, -0.25) is 0 Å². The predicted octanol–water partition coefficient (Wildman–Crippen LogP) is 28.1. The van der Waals surface area contributed by atoms with Crippen molar-refractivity contribution in [1.29, 1.82) is 0 Å². The van der Waals surface area contributed by atoms with Gasteiger partial charge in [-0.2, -0.15) is 0 Å². The third-order valence-corrected chi connectivity index (χ3v) is 29.5. The van der Waals surface area contributed by atoms with Crippen LogP contribution in [0.25, 0.3) is 12.2 Å². The van der Waals surface area contributed by atoms with E-state index in [9.17, 15) is 9.59 Å². The zero-order valence-electron chi connectivity index (χ0n) is 68.0. The van der Waals surface area contributed by atoms with Gasteiger partial charge in [0.15, 0.2) is 0 Å². The van der Waals surface area contributed by atoms with Gasteiger partial charge in [0.05, 0.1) is 26.4 Å². The number of rotatable bonds is 43. The Balaban J connectivity index is 0.469. The van der Waals surface area contributed by atoms with Gasteiger partial charge in [0.25, 0.3) is 0 Å². The average Bonchev–Trinajstić information content (AvgIpc) is 1.35. The van der Waals surface area contributed by atoms with Gasteiger partial charge in [0.1, 0.15) is 23.7 Å². The van der Waals surface area contributed by atoms with Gasteiger partial charge in [0, 0.05) is 12.8 Å². The molecule has 0 aliphatic heterocycles. The first-order valence-corrected chi connectivity index (χ1v) is 44.2. The summed E-state index contributed by atoms with van der Waals surface area (Å²) in [6.07, 6.45) is 64.5. The Hall–Kier alpha value is -4.46. The summed E-state index contributed by atoms with van der Waals surface area (Å²) < 4.78 is 35.4. The van der Waals surface area contributed by atoms with Crippen molar-refractivity contribution in [3.05, 3.63) is 95.1 Å². The topological polar surface area (TPSA) is 89.5 Å². The van der Waals surface area contributed by atoms with Gasteiger partial charge >= 0.3 is 12.3 Å². The Labute approximate surface area is 635 Å². The third-order valence-electron chi connectivity index (χ3n) is 29.5. The second kappa shape index (κ2) is 40.8. The summed E-state index contributed by atoms with van der Waals surface area (Å²) in [4.78, 5) is 25.7. The number of carbonyl (C=O) groups is 2. The molecule has 0 spiro atoms. The minimum Gasteiger partial charge on any atom is -0.494 e. The van der Waals surface area contributed by atoms with Crippen LogP contribution in [0.5, 0.6) is 11.5 Å². The molecule has 8 nitrogen and oxygen atoms in total. The average molecular weight is 1430 g/mol. The lowest BCUT2D eigenvalue weighted by atomic mass is 9.47. The number of hydrogen-bond donors (Lipinski definition) is 0. The third kappa shape index (κ3) is 22.6. The fraction of sp³-hybridized carbons (Fsp3) is 0.771. The van der Waals surface area contributed by atoms with Crippen LogP contribution in [0.2, 0.25) is 0 Å². The minimum absolute atomic E-state index is 0.0419. The smallest absolute Gasteiger partial charge is 0.494 e. The molecule has 0 bridgehead atoms. The van der Waals surface area contributed by atoms with E-state index in [0.29, 0.717) is 24.0 Å². The van der Waals surface area contributed by atoms with E-state index in [0.717, 1.165) is 184 Å². The van der Waals surface area contributed by atoms with Crippen LogP contribution in [0, 0.1) is 92.7 Å². The van der Waals surface area contributed by atoms with Crippen molar-refractivity contribution in [3.63, 3.8) is 0 Å². The fourth-order valence-corrected chi connectivity index (χ4v) is 23.5. The molecule has 6 saturated carbocycles. The summed E-state index contributed by atoms with van der Waals surface area (Å²) in [5.74, 6) is 12.0. The van der Waals surface area contributed by atoms with Crippen molar-refractivity contribution >= 4 is 24.5 Å². The van der Waals surface area contributed by atoms with Crippen LogP contribution >= 0.6 is 0 Å². The number of benzene rings is 2. The zero-order valence-corrected chi connectivity index (χ0v) is 68.0. The summed E-state index contributed by atoms with van der Waals surface area (Å²) in [5, 5.41) is 0. The first-order chi connectivity index (χ1) is 50.4. The lowest BCUT2D eigenvalue weighted by Crippen LogP contribution is -2.51. The molecule has 104 heavy (non-hydrogen) atoms. The van der Waals surface area contributed by atoms with Crippen molar-refractivity contribution in [2.24, 2.45) is 92.7 Å². The van der Waals surface area contributed by atoms with Crippen LogP contribution < -0.4 is 9.47 Å². The lowest BCUT2D eigenvalue weighted by Gasteiger charge is -2.58. The highest BCUT2D eigenvalue weighted by atomic mass is 16.7. The van der Waals surface area contributed by atoms with Crippen molar-refractivity contribution in [2.45, 2.75) is 351 Å². The molecular weight excluding hydrogens is 1280 g/mol. The first kappa shape index (κ1) is 82.0. The number of hydrogen-bond acceptors (Lipinski definition) is 8. The Bertz CT molecular complexity index is 2790. The highest BCUT2D eigenvalue weighted by molar-refractivity contribution is 5.61. The molecule has 10 rings (SSSR count). The fourth-order valence-electron chi connectivity index (χ4n) is 23.5. The summed E-state index contributed by atoms with van der Waals surface area (Å²) in [6.45, 7) is 27.6. The molecule has 2 aromatic rings. The Morgan fingerprint density at radius 2 is 0.740 bits per heavy atom. The second-order valence-corrected chi connectivity index (χ2v) is 37.4. The van der Waals surface area contributed by atoms with Gasteiger partial charge in [-0.1, -0.05) is 282 Å². The van der Waals surface area contributed by atoms with Crippen LogP contribution in [0.15, 0.2) is 84.0 Å². The van der Waals surface area contributed by atoms with E-state index < -0.39 is 12.3 Å². The van der Waals surface area contributed by atoms with E-state index in [1.165, 1.54) is 193 Å². The monoisotopic (exact) mass is 1430 g/mol. The summed E-state index contributed by atoms with van der Waals surface area (Å²) in [7, 11) is 0. The summed E-state index contributed by atoms with van der Waals surface area (Å²) >= 11 is 0. The standard InChI is InChI=1S/C96H150O8/c1-71(2)35-33-37-73(5)85-53-55-87-83-51-45-77-69-81(57-61-93(77,7)89(83)59-63-95(85,87)9)103-91(97)101-67-31-25-21-17-13-11-15-19-23-29-65-99-79-47-41-75(42-48-79)39-27-28-40-76-43-49-80(50-44-76)100-66-30-24-20-16-12-14-18-22-26-32-68-102-92(98)104-82-58-62-94(8)78(70-82)46-52-84-88-56-54-86(74(6)38-34-36-72(3)4)96(88,10)64-60-90(84)94/h27-28,39-50,71-74,81-90H,11-26,29-38,51-70H2,1-10H3/b39-27+,40-28+/t73-,74-,81+,82+,83+,84+,85-,86-,87+,88+,89+,90+,93+,94+,95-,96-/m1/s1. The number of ether oxygens (including phenoxy) is 6. The molecule has 0 radical (unpaired) electrons. The Kier molecular flexibility index (Phi) is 32.2. The number of carbonyl (C=O) groups excluding carboxylic acids is 2. The van der Waals surface area contributed by atoms with Gasteiger partial charge in [-0.15, -0.1) is 0 Å². The number of allylic oxidation sites excluding steroid dienone is 4. The molecule has 8 heteroatoms. The highest BCUT2D eigenvalue weighted by Gasteiger charge is 2.61. The molecule has 2 aromatic carbocycles. The molecule has 0 unspecified atom stereocenters. The molecule has 0 heterocycles. The summed E-state index contributed by atoms with van der Waals surface area (Å²) in [6, 6.07) is 16.8. The van der Waals surface area contributed by atoms with Crippen LogP contribution in [0.3, 0.4) is 0 Å². The van der Waals surface area contributed by atoms with Crippen molar-refractivity contribution in [2.75, 3.05) is 26.4 Å². The molecular formula is C96H150O8. The first-order valence-electron chi connectivity index (χ1n) is 44.2. The maximum absolute atomic E-state index is 12.8. The predicted molar refractivity (Wildman–Crippen MR) is 433 cm³/mol. The van der Waals surface area contributed by atoms with E-state index in [4.69, 9.17) is 28.4 Å². The zero-order chi connectivity index (χ0) is 73.4. The van der Waals surface area contributed by atoms with Crippen LogP contribution in [0.4, 0.5) is 9.59 Å². The minimum atomic E-state index is -0.457.